The molecule has 2 aromatic heterocycles. The standard InChI is InChI=1S/C10H14ClN7/c1-3-18(4-2)9-6(11)14-5-7(12)15-10(13)17-8(5)16-9/h3-4H2,1-2H3,(H4,12,13,15,16,17). The first-order valence-corrected chi connectivity index (χ1v) is 5.95. The molecule has 0 saturated heterocycles. The molecule has 0 aliphatic heterocycles. The van der Waals surface area contributed by atoms with E-state index in [0.29, 0.717) is 17.0 Å². The second-order valence-electron chi connectivity index (χ2n) is 3.65. The summed E-state index contributed by atoms with van der Waals surface area (Å²) in [6.45, 7) is 5.56. The molecule has 2 heterocycles. The molecule has 0 aliphatic carbocycles. The normalized spacial score (nSPS) is 10.8. The van der Waals surface area contributed by atoms with E-state index in [0.717, 1.165) is 13.1 Å². The van der Waals surface area contributed by atoms with Crippen LogP contribution in [-0.2, 0) is 0 Å². The highest BCUT2D eigenvalue weighted by atomic mass is 35.5. The van der Waals surface area contributed by atoms with Gasteiger partial charge >= 0.3 is 0 Å². The Kier molecular flexibility index (Phi) is 3.33. The Labute approximate surface area is 109 Å². The van der Waals surface area contributed by atoms with Crippen LogP contribution in [0.4, 0.5) is 17.6 Å². The molecule has 7 nitrogen and oxygen atoms in total. The van der Waals surface area contributed by atoms with Crippen molar-refractivity contribution in [3.05, 3.63) is 5.15 Å². The molecule has 0 amide bonds. The van der Waals surface area contributed by atoms with Gasteiger partial charge in [0.15, 0.2) is 28.0 Å². The van der Waals surface area contributed by atoms with Crippen LogP contribution in [-0.4, -0.2) is 33.0 Å². The maximum atomic E-state index is 6.11. The Bertz CT molecular complexity index is 582. The van der Waals surface area contributed by atoms with Crippen molar-refractivity contribution < 1.29 is 0 Å². The van der Waals surface area contributed by atoms with E-state index in [9.17, 15) is 0 Å². The van der Waals surface area contributed by atoms with Gasteiger partial charge in [0.05, 0.1) is 0 Å². The van der Waals surface area contributed by atoms with Crippen molar-refractivity contribution in [3.8, 4) is 0 Å². The molecule has 0 fully saturated rings. The minimum absolute atomic E-state index is 0.0714. The predicted molar refractivity (Wildman–Crippen MR) is 72.5 cm³/mol. The predicted octanol–water partition coefficient (Wildman–Crippen LogP) is 1.08. The van der Waals surface area contributed by atoms with E-state index in [4.69, 9.17) is 23.1 Å². The number of nitrogen functional groups attached to an aromatic ring is 2. The second-order valence-corrected chi connectivity index (χ2v) is 4.01. The van der Waals surface area contributed by atoms with Crippen LogP contribution >= 0.6 is 11.6 Å². The van der Waals surface area contributed by atoms with E-state index in [1.165, 1.54) is 0 Å². The van der Waals surface area contributed by atoms with Gasteiger partial charge in [-0.25, -0.2) is 9.97 Å². The SMILES string of the molecule is CCN(CC)c1nc2nc(N)nc(N)c2nc1Cl. The van der Waals surface area contributed by atoms with Crippen LogP contribution in [0, 0.1) is 0 Å². The van der Waals surface area contributed by atoms with Crippen LogP contribution in [0.1, 0.15) is 13.8 Å². The van der Waals surface area contributed by atoms with Gasteiger partial charge in [0.25, 0.3) is 0 Å². The molecule has 0 aromatic carbocycles. The number of aromatic nitrogens is 4. The third-order valence-electron chi connectivity index (χ3n) is 2.58. The smallest absolute Gasteiger partial charge is 0.224 e. The second kappa shape index (κ2) is 4.77. The Morgan fingerprint density at radius 1 is 1.06 bits per heavy atom. The summed E-state index contributed by atoms with van der Waals surface area (Å²) in [7, 11) is 0. The van der Waals surface area contributed by atoms with Crippen molar-refractivity contribution in [2.75, 3.05) is 29.5 Å². The molecule has 8 heteroatoms. The largest absolute Gasteiger partial charge is 0.382 e. The van der Waals surface area contributed by atoms with Gasteiger partial charge in [-0.2, -0.15) is 9.97 Å². The van der Waals surface area contributed by atoms with Crippen LogP contribution in [0.5, 0.6) is 0 Å². The highest BCUT2D eigenvalue weighted by molar-refractivity contribution is 6.32. The van der Waals surface area contributed by atoms with E-state index >= 15 is 0 Å². The molecule has 0 spiro atoms. The van der Waals surface area contributed by atoms with Crippen molar-refractivity contribution in [2.24, 2.45) is 0 Å². The number of nitrogens with two attached hydrogens (primary N) is 2. The molecule has 0 unspecified atom stereocenters. The summed E-state index contributed by atoms with van der Waals surface area (Å²) in [4.78, 5) is 18.4. The molecular weight excluding hydrogens is 254 g/mol. The zero-order chi connectivity index (χ0) is 13.3. The Morgan fingerprint density at radius 3 is 2.33 bits per heavy atom. The molecule has 0 atom stereocenters. The number of hydrogen-bond donors (Lipinski definition) is 2. The maximum Gasteiger partial charge on any atom is 0.224 e. The van der Waals surface area contributed by atoms with E-state index < -0.39 is 0 Å². The third-order valence-corrected chi connectivity index (χ3v) is 2.83. The van der Waals surface area contributed by atoms with Crippen molar-refractivity contribution in [1.29, 1.82) is 0 Å². The molecule has 2 rings (SSSR count). The van der Waals surface area contributed by atoms with Gasteiger partial charge in [0.1, 0.15) is 0 Å². The minimum atomic E-state index is 0.0714. The van der Waals surface area contributed by atoms with Gasteiger partial charge in [0.2, 0.25) is 5.95 Å². The summed E-state index contributed by atoms with van der Waals surface area (Å²) in [5, 5.41) is 0.284. The van der Waals surface area contributed by atoms with Crippen molar-refractivity contribution in [1.82, 2.24) is 19.9 Å². The van der Waals surface area contributed by atoms with Crippen LogP contribution in [0.2, 0.25) is 5.15 Å². The van der Waals surface area contributed by atoms with Crippen LogP contribution < -0.4 is 16.4 Å². The van der Waals surface area contributed by atoms with E-state index in [2.05, 4.69) is 19.9 Å². The van der Waals surface area contributed by atoms with Crippen LogP contribution in [0.25, 0.3) is 11.2 Å². The van der Waals surface area contributed by atoms with Gasteiger partial charge < -0.3 is 16.4 Å². The summed E-state index contributed by atoms with van der Waals surface area (Å²) in [5.74, 6) is 0.826. The average Bonchev–Trinajstić information content (AvgIpc) is 2.32. The first-order valence-electron chi connectivity index (χ1n) is 5.58. The molecule has 0 saturated carbocycles. The van der Waals surface area contributed by atoms with E-state index in [1.807, 2.05) is 18.7 Å². The Balaban J connectivity index is 2.67. The summed E-state index contributed by atoms with van der Waals surface area (Å²) < 4.78 is 0. The van der Waals surface area contributed by atoms with Crippen molar-refractivity contribution in [3.63, 3.8) is 0 Å². The fraction of sp³-hybridized carbons (Fsp3) is 0.400. The lowest BCUT2D eigenvalue weighted by atomic mass is 10.4. The van der Waals surface area contributed by atoms with Gasteiger partial charge in [-0.3, -0.25) is 0 Å². The number of halogens is 1. The molecule has 0 bridgehead atoms. The maximum absolute atomic E-state index is 6.11. The van der Waals surface area contributed by atoms with Crippen molar-refractivity contribution in [2.45, 2.75) is 13.8 Å². The number of rotatable bonds is 3. The molecule has 0 radical (unpaired) electrons. The van der Waals surface area contributed by atoms with E-state index in [-0.39, 0.29) is 16.9 Å². The Hall–Kier alpha value is -1.89. The molecule has 4 N–H and O–H groups in total. The average molecular weight is 268 g/mol. The summed E-state index contributed by atoms with van der Waals surface area (Å²) >= 11 is 6.11. The summed E-state index contributed by atoms with van der Waals surface area (Å²) in [6.07, 6.45) is 0. The first-order chi connectivity index (χ1) is 8.56. The first kappa shape index (κ1) is 12.6. The number of anilines is 3. The highest BCUT2D eigenvalue weighted by Gasteiger charge is 2.15. The molecule has 2 aromatic rings. The minimum Gasteiger partial charge on any atom is -0.382 e. The third kappa shape index (κ3) is 2.08. The lowest BCUT2D eigenvalue weighted by Crippen LogP contribution is -2.24. The number of fused-ring (bicyclic) bond motifs is 1. The fourth-order valence-electron chi connectivity index (χ4n) is 1.68. The number of nitrogens with zero attached hydrogens (tertiary/aromatic N) is 5. The molecular formula is C10H14ClN7. The summed E-state index contributed by atoms with van der Waals surface area (Å²) in [5.41, 5.74) is 12.0. The molecule has 18 heavy (non-hydrogen) atoms. The van der Waals surface area contributed by atoms with Crippen LogP contribution in [0.3, 0.4) is 0 Å². The molecule has 0 aliphatic rings. The molecule has 96 valence electrons. The summed E-state index contributed by atoms with van der Waals surface area (Å²) in [6, 6.07) is 0. The van der Waals surface area contributed by atoms with Gasteiger partial charge in [-0.1, -0.05) is 11.6 Å². The van der Waals surface area contributed by atoms with Crippen molar-refractivity contribution >= 4 is 40.3 Å². The zero-order valence-electron chi connectivity index (χ0n) is 10.2. The zero-order valence-corrected chi connectivity index (χ0v) is 10.9. The lowest BCUT2D eigenvalue weighted by Gasteiger charge is -2.20. The lowest BCUT2D eigenvalue weighted by molar-refractivity contribution is 0.844. The topological polar surface area (TPSA) is 107 Å². The quantitative estimate of drug-likeness (QED) is 0.857. The Morgan fingerprint density at radius 2 is 1.72 bits per heavy atom. The van der Waals surface area contributed by atoms with Crippen LogP contribution in [0.15, 0.2) is 0 Å². The monoisotopic (exact) mass is 267 g/mol. The van der Waals surface area contributed by atoms with Gasteiger partial charge in [-0.05, 0) is 13.8 Å². The van der Waals surface area contributed by atoms with Gasteiger partial charge in [0, 0.05) is 13.1 Å². The number of hydrogen-bond acceptors (Lipinski definition) is 7. The highest BCUT2D eigenvalue weighted by Crippen LogP contribution is 2.25. The fourth-order valence-corrected chi connectivity index (χ4v) is 1.93. The van der Waals surface area contributed by atoms with E-state index in [1.54, 1.807) is 0 Å². The van der Waals surface area contributed by atoms with Gasteiger partial charge in [-0.15, -0.1) is 0 Å².